The zero-order valence-electron chi connectivity index (χ0n) is 11.3. The van der Waals surface area contributed by atoms with E-state index in [0.29, 0.717) is 10.0 Å². The molecule has 0 fully saturated rings. The van der Waals surface area contributed by atoms with Gasteiger partial charge in [0.1, 0.15) is 0 Å². The predicted octanol–water partition coefficient (Wildman–Crippen LogP) is 5.30. The standard InChI is InChI=1S/C15H23Cl2N/c1-3-5-6-12(4-2)10-18-11-13-7-14(16)9-15(17)8-13/h7-9,12,18H,3-6,10-11H2,1-2H3. The Balaban J connectivity index is 2.35. The molecule has 0 heterocycles. The molecule has 1 rings (SSSR count). The smallest absolute Gasteiger partial charge is 0.0424 e. The summed E-state index contributed by atoms with van der Waals surface area (Å²) in [5, 5.41) is 4.91. The third-order valence-electron chi connectivity index (χ3n) is 3.23. The van der Waals surface area contributed by atoms with Gasteiger partial charge in [0.25, 0.3) is 0 Å². The van der Waals surface area contributed by atoms with Crippen LogP contribution in [0.4, 0.5) is 0 Å². The van der Waals surface area contributed by atoms with Gasteiger partial charge in [-0.15, -0.1) is 0 Å². The van der Waals surface area contributed by atoms with E-state index in [2.05, 4.69) is 19.2 Å². The van der Waals surface area contributed by atoms with E-state index in [4.69, 9.17) is 23.2 Å². The van der Waals surface area contributed by atoms with Crippen LogP contribution in [0.3, 0.4) is 0 Å². The number of nitrogens with one attached hydrogen (secondary N) is 1. The summed E-state index contributed by atoms with van der Waals surface area (Å²) in [6, 6.07) is 5.70. The van der Waals surface area contributed by atoms with Crippen molar-refractivity contribution < 1.29 is 0 Å². The first kappa shape index (κ1) is 15.8. The minimum absolute atomic E-state index is 0.706. The number of unbranched alkanes of at least 4 members (excludes halogenated alkanes) is 1. The Morgan fingerprint density at radius 2 is 1.78 bits per heavy atom. The summed E-state index contributed by atoms with van der Waals surface area (Å²) in [6.45, 7) is 6.41. The van der Waals surface area contributed by atoms with Gasteiger partial charge in [0.15, 0.2) is 0 Å². The fourth-order valence-electron chi connectivity index (χ4n) is 2.08. The second kappa shape index (κ2) is 8.79. The van der Waals surface area contributed by atoms with Crippen LogP contribution in [0.15, 0.2) is 18.2 Å². The van der Waals surface area contributed by atoms with E-state index in [1.807, 2.05) is 12.1 Å². The molecule has 1 nitrogen and oxygen atoms in total. The first-order valence-corrected chi connectivity index (χ1v) is 7.57. The summed E-state index contributed by atoms with van der Waals surface area (Å²) in [5.74, 6) is 0.777. The Bertz CT molecular complexity index is 332. The first-order valence-electron chi connectivity index (χ1n) is 6.81. The number of halogens is 2. The molecule has 1 unspecified atom stereocenters. The van der Waals surface area contributed by atoms with Crippen molar-refractivity contribution in [2.45, 2.75) is 46.1 Å². The van der Waals surface area contributed by atoms with Crippen molar-refractivity contribution in [1.29, 1.82) is 0 Å². The lowest BCUT2D eigenvalue weighted by Gasteiger charge is -2.15. The number of hydrogen-bond acceptors (Lipinski definition) is 1. The van der Waals surface area contributed by atoms with Crippen molar-refractivity contribution in [2.24, 2.45) is 5.92 Å². The Labute approximate surface area is 121 Å². The topological polar surface area (TPSA) is 12.0 Å². The predicted molar refractivity (Wildman–Crippen MR) is 81.5 cm³/mol. The van der Waals surface area contributed by atoms with Crippen LogP contribution in [0.5, 0.6) is 0 Å². The van der Waals surface area contributed by atoms with Crippen LogP contribution < -0.4 is 5.32 Å². The second-order valence-electron chi connectivity index (χ2n) is 4.83. The average molecular weight is 288 g/mol. The second-order valence-corrected chi connectivity index (χ2v) is 5.70. The monoisotopic (exact) mass is 287 g/mol. The van der Waals surface area contributed by atoms with Crippen molar-refractivity contribution in [3.05, 3.63) is 33.8 Å². The molecule has 0 bridgehead atoms. The molecule has 0 saturated carbocycles. The highest BCUT2D eigenvalue weighted by molar-refractivity contribution is 6.34. The van der Waals surface area contributed by atoms with Gasteiger partial charge in [-0.3, -0.25) is 0 Å². The van der Waals surface area contributed by atoms with Crippen LogP contribution in [0, 0.1) is 5.92 Å². The molecule has 0 aromatic heterocycles. The molecule has 1 aromatic carbocycles. The van der Waals surface area contributed by atoms with Crippen molar-refractivity contribution in [3.8, 4) is 0 Å². The zero-order valence-corrected chi connectivity index (χ0v) is 12.8. The van der Waals surface area contributed by atoms with Crippen molar-refractivity contribution in [2.75, 3.05) is 6.54 Å². The van der Waals surface area contributed by atoms with E-state index >= 15 is 0 Å². The highest BCUT2D eigenvalue weighted by Gasteiger charge is 2.05. The van der Waals surface area contributed by atoms with Crippen LogP contribution in [-0.2, 0) is 6.54 Å². The number of benzene rings is 1. The molecule has 18 heavy (non-hydrogen) atoms. The summed E-state index contributed by atoms with van der Waals surface area (Å²) in [4.78, 5) is 0. The van der Waals surface area contributed by atoms with Crippen LogP contribution in [0.25, 0.3) is 0 Å². The maximum absolute atomic E-state index is 5.98. The van der Waals surface area contributed by atoms with Gasteiger partial charge >= 0.3 is 0 Å². The number of hydrogen-bond donors (Lipinski definition) is 1. The maximum atomic E-state index is 5.98. The summed E-state index contributed by atoms with van der Waals surface area (Å²) in [7, 11) is 0. The molecule has 1 N–H and O–H groups in total. The SMILES string of the molecule is CCCCC(CC)CNCc1cc(Cl)cc(Cl)c1. The average Bonchev–Trinajstić information content (AvgIpc) is 2.32. The van der Waals surface area contributed by atoms with Crippen LogP contribution >= 0.6 is 23.2 Å². The Morgan fingerprint density at radius 1 is 1.11 bits per heavy atom. The normalized spacial score (nSPS) is 12.7. The van der Waals surface area contributed by atoms with E-state index in [0.717, 1.165) is 24.6 Å². The van der Waals surface area contributed by atoms with Crippen molar-refractivity contribution >= 4 is 23.2 Å². The van der Waals surface area contributed by atoms with Gasteiger partial charge in [0.2, 0.25) is 0 Å². The molecule has 102 valence electrons. The Morgan fingerprint density at radius 3 is 2.33 bits per heavy atom. The highest BCUT2D eigenvalue weighted by Crippen LogP contribution is 2.19. The first-order chi connectivity index (χ1) is 8.65. The van der Waals surface area contributed by atoms with E-state index in [1.165, 1.54) is 25.7 Å². The van der Waals surface area contributed by atoms with Gasteiger partial charge in [0, 0.05) is 16.6 Å². The summed E-state index contributed by atoms with van der Waals surface area (Å²) >= 11 is 12.0. The van der Waals surface area contributed by atoms with Gasteiger partial charge in [-0.2, -0.15) is 0 Å². The van der Waals surface area contributed by atoms with Gasteiger partial charge in [-0.25, -0.2) is 0 Å². The van der Waals surface area contributed by atoms with Crippen LogP contribution in [0.1, 0.15) is 45.1 Å². The lowest BCUT2D eigenvalue weighted by molar-refractivity contribution is 0.419. The van der Waals surface area contributed by atoms with Crippen molar-refractivity contribution in [3.63, 3.8) is 0 Å². The third kappa shape index (κ3) is 6.08. The minimum atomic E-state index is 0.706. The molecule has 0 aliphatic carbocycles. The zero-order chi connectivity index (χ0) is 13.4. The molecular formula is C15H23Cl2N. The molecule has 3 heteroatoms. The molecular weight excluding hydrogens is 265 g/mol. The molecule has 0 spiro atoms. The molecule has 0 radical (unpaired) electrons. The minimum Gasteiger partial charge on any atom is -0.312 e. The largest absolute Gasteiger partial charge is 0.312 e. The van der Waals surface area contributed by atoms with Crippen LogP contribution in [-0.4, -0.2) is 6.54 Å². The molecule has 0 aliphatic heterocycles. The highest BCUT2D eigenvalue weighted by atomic mass is 35.5. The fraction of sp³-hybridized carbons (Fsp3) is 0.600. The summed E-state index contributed by atoms with van der Waals surface area (Å²) in [5.41, 5.74) is 1.15. The molecule has 0 saturated heterocycles. The van der Waals surface area contributed by atoms with E-state index in [9.17, 15) is 0 Å². The lowest BCUT2D eigenvalue weighted by atomic mass is 9.99. The summed E-state index contributed by atoms with van der Waals surface area (Å²) < 4.78 is 0. The van der Waals surface area contributed by atoms with Gasteiger partial charge in [-0.05, 0) is 42.6 Å². The maximum Gasteiger partial charge on any atom is 0.0424 e. The van der Waals surface area contributed by atoms with Gasteiger partial charge < -0.3 is 5.32 Å². The van der Waals surface area contributed by atoms with Crippen molar-refractivity contribution in [1.82, 2.24) is 5.32 Å². The molecule has 0 aliphatic rings. The fourth-order valence-corrected chi connectivity index (χ4v) is 2.65. The molecule has 1 aromatic rings. The number of rotatable bonds is 8. The summed E-state index contributed by atoms with van der Waals surface area (Å²) in [6.07, 6.45) is 5.16. The lowest BCUT2D eigenvalue weighted by Crippen LogP contribution is -2.22. The quantitative estimate of drug-likeness (QED) is 0.684. The van der Waals surface area contributed by atoms with E-state index in [1.54, 1.807) is 6.07 Å². The Hall–Kier alpha value is -0.240. The van der Waals surface area contributed by atoms with Crippen LogP contribution in [0.2, 0.25) is 10.0 Å². The van der Waals surface area contributed by atoms with Gasteiger partial charge in [0.05, 0.1) is 0 Å². The Kier molecular flexibility index (Phi) is 7.73. The van der Waals surface area contributed by atoms with Gasteiger partial charge in [-0.1, -0.05) is 56.3 Å². The van der Waals surface area contributed by atoms with E-state index < -0.39 is 0 Å². The van der Waals surface area contributed by atoms with E-state index in [-0.39, 0.29) is 0 Å². The third-order valence-corrected chi connectivity index (χ3v) is 3.66. The molecule has 1 atom stereocenters. The molecule has 0 amide bonds.